The number of rotatable bonds is 4. The second-order valence-electron chi connectivity index (χ2n) is 4.26. The van der Waals surface area contributed by atoms with Gasteiger partial charge in [-0.3, -0.25) is 0 Å². The highest BCUT2D eigenvalue weighted by molar-refractivity contribution is 7.82. The molecule has 20 heavy (non-hydrogen) atoms. The van der Waals surface area contributed by atoms with Gasteiger partial charge >= 0.3 is 6.03 Å². The Bertz CT molecular complexity index is 577. The Morgan fingerprint density at radius 2 is 1.90 bits per heavy atom. The van der Waals surface area contributed by atoms with Crippen molar-refractivity contribution in [3.8, 4) is 0 Å². The maximum absolute atomic E-state index is 13.0. The van der Waals surface area contributed by atoms with Crippen molar-refractivity contribution in [1.29, 1.82) is 0 Å². The van der Waals surface area contributed by atoms with Crippen LogP contribution in [0.1, 0.15) is 5.56 Å². The largest absolute Gasteiger partial charge is 0.337 e. The van der Waals surface area contributed by atoms with E-state index in [1.54, 1.807) is 18.2 Å². The zero-order chi connectivity index (χ0) is 14.4. The lowest BCUT2D eigenvalue weighted by Crippen LogP contribution is -2.35. The van der Waals surface area contributed by atoms with E-state index in [4.69, 9.17) is 0 Å². The van der Waals surface area contributed by atoms with Crippen LogP contribution in [0.5, 0.6) is 0 Å². The Hall–Kier alpha value is -2.01. The summed E-state index contributed by atoms with van der Waals surface area (Å²) in [5, 5.41) is 2.74. The summed E-state index contributed by atoms with van der Waals surface area (Å²) < 4.78 is 14.2. The molecule has 1 N–H and O–H groups in total. The fourth-order valence-corrected chi connectivity index (χ4v) is 1.97. The minimum Gasteiger partial charge on any atom is -0.337 e. The maximum atomic E-state index is 13.0. The lowest BCUT2D eigenvalue weighted by Gasteiger charge is -2.16. The number of halogens is 1. The Morgan fingerprint density at radius 1 is 1.15 bits per heavy atom. The quantitative estimate of drug-likeness (QED) is 0.831. The predicted octanol–water partition coefficient (Wildman–Crippen LogP) is 3.43. The van der Waals surface area contributed by atoms with Gasteiger partial charge in [0.2, 0.25) is 0 Å². The van der Waals surface area contributed by atoms with Crippen molar-refractivity contribution in [2.24, 2.45) is 0 Å². The van der Waals surface area contributed by atoms with Gasteiger partial charge in [0.25, 0.3) is 0 Å². The fourth-order valence-electron chi connectivity index (χ4n) is 1.77. The molecule has 3 nitrogen and oxygen atoms in total. The highest BCUT2D eigenvalue weighted by atomic mass is 32.1. The molecular weight excluding hydrogens is 275 g/mol. The monoisotopic (exact) mass is 290 g/mol. The minimum absolute atomic E-state index is 0.270. The number of carbonyl (C=O) groups excluding carboxylic acids is 1. The van der Waals surface area contributed by atoms with Gasteiger partial charge in [0.05, 0.1) is 5.69 Å². The average Bonchev–Trinajstić information content (AvgIpc) is 2.47. The summed E-state index contributed by atoms with van der Waals surface area (Å²) in [5.74, 6) is -0.270. The van der Waals surface area contributed by atoms with E-state index >= 15 is 0 Å². The SMILES string of the molecule is O=C(NCCc1cccc(F)c1)N(S)c1ccccc1. The molecule has 2 rings (SSSR count). The summed E-state index contributed by atoms with van der Waals surface area (Å²) in [4.78, 5) is 11.9. The average molecular weight is 290 g/mol. The van der Waals surface area contributed by atoms with Crippen molar-refractivity contribution >= 4 is 24.5 Å². The van der Waals surface area contributed by atoms with Gasteiger partial charge in [-0.25, -0.2) is 13.5 Å². The molecule has 0 bridgehead atoms. The molecule has 2 aromatic rings. The summed E-state index contributed by atoms with van der Waals surface area (Å²) >= 11 is 4.15. The number of carbonyl (C=O) groups is 1. The zero-order valence-corrected chi connectivity index (χ0v) is 11.7. The van der Waals surface area contributed by atoms with Crippen LogP contribution in [-0.2, 0) is 6.42 Å². The van der Waals surface area contributed by atoms with Gasteiger partial charge in [-0.15, -0.1) is 0 Å². The Kier molecular flexibility index (Phi) is 5.01. The molecular formula is C15H15FN2OS. The van der Waals surface area contributed by atoms with Crippen molar-refractivity contribution in [3.63, 3.8) is 0 Å². The lowest BCUT2D eigenvalue weighted by atomic mass is 10.1. The summed E-state index contributed by atoms with van der Waals surface area (Å²) in [5.41, 5.74) is 1.54. The van der Waals surface area contributed by atoms with Crippen LogP contribution < -0.4 is 9.62 Å². The van der Waals surface area contributed by atoms with Crippen LogP contribution >= 0.6 is 12.8 Å². The number of urea groups is 1. The van der Waals surface area contributed by atoms with Crippen LogP contribution in [0, 0.1) is 5.82 Å². The van der Waals surface area contributed by atoms with Gasteiger partial charge in [0, 0.05) is 6.54 Å². The number of para-hydroxylation sites is 1. The molecule has 2 amide bonds. The molecule has 0 spiro atoms. The summed E-state index contributed by atoms with van der Waals surface area (Å²) in [7, 11) is 0. The molecule has 0 unspecified atom stereocenters. The summed E-state index contributed by atoms with van der Waals surface area (Å²) in [6, 6.07) is 15.1. The first-order chi connectivity index (χ1) is 9.66. The van der Waals surface area contributed by atoms with E-state index < -0.39 is 0 Å². The topological polar surface area (TPSA) is 32.3 Å². The molecule has 0 aliphatic rings. The van der Waals surface area contributed by atoms with Gasteiger partial charge in [0.1, 0.15) is 5.82 Å². The molecule has 0 fully saturated rings. The second-order valence-corrected chi connectivity index (χ2v) is 4.66. The number of thiol groups is 1. The third-order valence-electron chi connectivity index (χ3n) is 2.77. The highest BCUT2D eigenvalue weighted by Crippen LogP contribution is 2.15. The molecule has 5 heteroatoms. The number of hydrogen-bond acceptors (Lipinski definition) is 2. The molecule has 0 saturated heterocycles. The number of nitrogens with zero attached hydrogens (tertiary/aromatic N) is 1. The van der Waals surface area contributed by atoms with Crippen molar-refractivity contribution in [2.75, 3.05) is 10.8 Å². The minimum atomic E-state index is -0.309. The van der Waals surface area contributed by atoms with Crippen molar-refractivity contribution < 1.29 is 9.18 Å². The fraction of sp³-hybridized carbons (Fsp3) is 0.133. The van der Waals surface area contributed by atoms with Gasteiger partial charge in [0.15, 0.2) is 0 Å². The Labute approximate surface area is 123 Å². The van der Waals surface area contributed by atoms with Crippen molar-refractivity contribution in [3.05, 3.63) is 66.0 Å². The first kappa shape index (κ1) is 14.4. The summed E-state index contributed by atoms with van der Waals surface area (Å²) in [6.45, 7) is 0.423. The third-order valence-corrected chi connectivity index (χ3v) is 3.18. The Morgan fingerprint density at radius 3 is 2.60 bits per heavy atom. The van der Waals surface area contributed by atoms with Gasteiger partial charge in [-0.2, -0.15) is 0 Å². The highest BCUT2D eigenvalue weighted by Gasteiger charge is 2.10. The molecule has 0 aliphatic carbocycles. The first-order valence-corrected chi connectivity index (χ1v) is 6.63. The molecule has 0 aliphatic heterocycles. The number of amides is 2. The number of nitrogens with one attached hydrogen (secondary N) is 1. The Balaban J connectivity index is 1.83. The van der Waals surface area contributed by atoms with Crippen LogP contribution in [0.2, 0.25) is 0 Å². The smallest absolute Gasteiger partial charge is 0.331 e. The van der Waals surface area contributed by atoms with Crippen molar-refractivity contribution in [1.82, 2.24) is 5.32 Å². The molecule has 104 valence electrons. The normalized spacial score (nSPS) is 10.1. The lowest BCUT2D eigenvalue weighted by molar-refractivity contribution is 0.250. The molecule has 2 aromatic carbocycles. The molecule has 0 aromatic heterocycles. The molecule has 0 radical (unpaired) electrons. The number of benzene rings is 2. The van der Waals surface area contributed by atoms with Gasteiger partial charge in [-0.1, -0.05) is 43.1 Å². The molecule has 0 saturated carbocycles. The number of hydrogen-bond donors (Lipinski definition) is 2. The molecule has 0 atom stereocenters. The van der Waals surface area contributed by atoms with Crippen LogP contribution in [0.4, 0.5) is 14.9 Å². The second kappa shape index (κ2) is 6.96. The van der Waals surface area contributed by atoms with Crippen LogP contribution in [0.3, 0.4) is 0 Å². The zero-order valence-electron chi connectivity index (χ0n) is 10.8. The van der Waals surface area contributed by atoms with E-state index in [0.717, 1.165) is 5.56 Å². The van der Waals surface area contributed by atoms with E-state index in [1.807, 2.05) is 24.3 Å². The summed E-state index contributed by atoms with van der Waals surface area (Å²) in [6.07, 6.45) is 0.569. The van der Waals surface area contributed by atoms with Gasteiger partial charge < -0.3 is 5.32 Å². The third kappa shape index (κ3) is 3.99. The standard InChI is InChI=1S/C15H15FN2OS/c16-13-6-4-5-12(11-13)9-10-17-15(19)18(20)14-7-2-1-3-8-14/h1-8,11,20H,9-10H2,(H,17,19). The van der Waals surface area contributed by atoms with Crippen LogP contribution in [0.25, 0.3) is 0 Å². The van der Waals surface area contributed by atoms with E-state index in [1.165, 1.54) is 16.4 Å². The maximum Gasteiger partial charge on any atom is 0.331 e. The van der Waals surface area contributed by atoms with E-state index in [0.29, 0.717) is 18.7 Å². The number of anilines is 1. The molecule has 0 heterocycles. The van der Waals surface area contributed by atoms with Crippen molar-refractivity contribution in [2.45, 2.75) is 6.42 Å². The van der Waals surface area contributed by atoms with E-state index in [9.17, 15) is 9.18 Å². The van der Waals surface area contributed by atoms with Gasteiger partial charge in [-0.05, 0) is 36.2 Å². The predicted molar refractivity (Wildman–Crippen MR) is 81.4 cm³/mol. The van der Waals surface area contributed by atoms with E-state index in [2.05, 4.69) is 18.1 Å². The van der Waals surface area contributed by atoms with Crippen LogP contribution in [-0.4, -0.2) is 12.6 Å². The first-order valence-electron chi connectivity index (χ1n) is 6.23. The van der Waals surface area contributed by atoms with Crippen LogP contribution in [0.15, 0.2) is 54.6 Å². The van der Waals surface area contributed by atoms with E-state index in [-0.39, 0.29) is 11.8 Å².